The van der Waals surface area contributed by atoms with Gasteiger partial charge in [0, 0.05) is 33.4 Å². The van der Waals surface area contributed by atoms with Crippen molar-refractivity contribution >= 4 is 54.1 Å². The third kappa shape index (κ3) is 10.3. The minimum Gasteiger partial charge on any atom is -0.125 e. The maximum atomic E-state index is 3.83. The van der Waals surface area contributed by atoms with Crippen LogP contribution in [-0.2, 0) is 0 Å². The summed E-state index contributed by atoms with van der Waals surface area (Å²) in [6, 6.07) is 22.9. The molecule has 0 saturated heterocycles. The minimum absolute atomic E-state index is 0.609. The van der Waals surface area contributed by atoms with Crippen LogP contribution in [0.25, 0.3) is 6.08 Å². The van der Waals surface area contributed by atoms with Crippen LogP contribution in [0.15, 0.2) is 70.1 Å². The largest absolute Gasteiger partial charge is 0.146 e. The topological polar surface area (TPSA) is 0 Å². The Hall–Kier alpha value is -2.97. The Labute approximate surface area is 324 Å². The molecule has 0 radical (unpaired) electrons. The average Bonchev–Trinajstić information content (AvgIpc) is 3.03. The first-order valence-corrected chi connectivity index (χ1v) is 24.0. The van der Waals surface area contributed by atoms with Crippen molar-refractivity contribution in [1.29, 1.82) is 0 Å². The second-order valence-corrected chi connectivity index (χ2v) is 29.1. The lowest BCUT2D eigenvalue weighted by atomic mass is 10.0. The second-order valence-electron chi connectivity index (χ2n) is 15.2. The van der Waals surface area contributed by atoms with Crippen LogP contribution in [0, 0.1) is 46.6 Å². The highest BCUT2D eigenvalue weighted by molar-refractivity contribution is 9.28. The van der Waals surface area contributed by atoms with E-state index in [9.17, 15) is 0 Å². The normalized spacial score (nSPS) is 11.4. The number of benzene rings is 3. The van der Waals surface area contributed by atoms with Gasteiger partial charge in [-0.2, -0.15) is 0 Å². The Morgan fingerprint density at radius 1 is 0.440 bits per heavy atom. The van der Waals surface area contributed by atoms with Gasteiger partial charge in [-0.3, -0.25) is 0 Å². The molecule has 0 N–H and O–H groups in total. The lowest BCUT2D eigenvalue weighted by Crippen LogP contribution is -2.43. The summed E-state index contributed by atoms with van der Waals surface area (Å²) < 4.78 is 0.872. The van der Waals surface area contributed by atoms with Gasteiger partial charge in [0.15, 0.2) is 0 Å². The zero-order chi connectivity index (χ0) is 37.2. The molecule has 3 aromatic carbocycles. The molecule has 0 aliphatic heterocycles. The standard InChI is InChI=1S/C46H54Br2Si2/c1-33(2)49(34(3)4,35(5)6)29-27-41-17-13-39(14-18-41)21-24-44-25-23-43(32-46(47)48)31-45(44)26-22-40-15-19-42(20-16-40)28-30-50(36(7)8,37(9)10)38(11)12/h13-20,23,25,31-38H,1-12H3. The molecule has 50 heavy (non-hydrogen) atoms. The van der Waals surface area contributed by atoms with E-state index in [0.29, 0.717) is 33.2 Å². The van der Waals surface area contributed by atoms with Gasteiger partial charge in [0.2, 0.25) is 0 Å². The molecule has 0 aromatic heterocycles. The van der Waals surface area contributed by atoms with Crippen LogP contribution >= 0.6 is 31.9 Å². The lowest BCUT2D eigenvalue weighted by Gasteiger charge is -2.38. The van der Waals surface area contributed by atoms with Crippen molar-refractivity contribution in [2.24, 2.45) is 0 Å². The number of rotatable bonds is 7. The van der Waals surface area contributed by atoms with Crippen LogP contribution in [0.2, 0.25) is 33.2 Å². The van der Waals surface area contributed by atoms with Crippen LogP contribution in [0.5, 0.6) is 0 Å². The number of hydrogen-bond donors (Lipinski definition) is 0. The smallest absolute Gasteiger partial charge is 0.125 e. The Balaban J connectivity index is 1.94. The minimum atomic E-state index is -1.78. The first-order chi connectivity index (χ1) is 23.5. The van der Waals surface area contributed by atoms with E-state index in [0.717, 1.165) is 42.3 Å². The van der Waals surface area contributed by atoms with Crippen LogP contribution in [0.1, 0.15) is 122 Å². The average molecular weight is 823 g/mol. The highest BCUT2D eigenvalue weighted by Crippen LogP contribution is 2.41. The van der Waals surface area contributed by atoms with E-state index < -0.39 is 16.1 Å². The molecule has 0 atom stereocenters. The van der Waals surface area contributed by atoms with Gasteiger partial charge in [0.05, 0.1) is 3.39 Å². The van der Waals surface area contributed by atoms with Crippen LogP contribution < -0.4 is 0 Å². The summed E-state index contributed by atoms with van der Waals surface area (Å²) in [5.41, 5.74) is 18.1. The van der Waals surface area contributed by atoms with Crippen LogP contribution in [-0.4, -0.2) is 16.1 Å². The Bertz CT molecular complexity index is 1850. The van der Waals surface area contributed by atoms with E-state index in [1.165, 1.54) is 0 Å². The molecule has 3 aromatic rings. The van der Waals surface area contributed by atoms with E-state index in [2.05, 4.69) is 222 Å². The van der Waals surface area contributed by atoms with E-state index >= 15 is 0 Å². The molecule has 0 nitrogen and oxygen atoms in total. The molecule has 260 valence electrons. The maximum Gasteiger partial charge on any atom is 0.146 e. The summed E-state index contributed by atoms with van der Waals surface area (Å²) in [5, 5.41) is 0. The summed E-state index contributed by atoms with van der Waals surface area (Å²) in [6.07, 6.45) is 2.01. The lowest BCUT2D eigenvalue weighted by molar-refractivity contribution is 0.838. The predicted octanol–water partition coefficient (Wildman–Crippen LogP) is 13.7. The molecule has 0 fully saturated rings. The van der Waals surface area contributed by atoms with E-state index in [-0.39, 0.29) is 0 Å². The molecule has 0 saturated carbocycles. The quantitative estimate of drug-likeness (QED) is 0.164. The fourth-order valence-corrected chi connectivity index (χ4v) is 18.8. The summed E-state index contributed by atoms with van der Waals surface area (Å²) in [6.45, 7) is 28.2. The summed E-state index contributed by atoms with van der Waals surface area (Å²) in [5.74, 6) is 20.7. The molecule has 0 aliphatic rings. The second kappa shape index (κ2) is 18.5. The van der Waals surface area contributed by atoms with Gasteiger partial charge >= 0.3 is 0 Å². The van der Waals surface area contributed by atoms with Gasteiger partial charge in [-0.1, -0.05) is 125 Å². The van der Waals surface area contributed by atoms with Gasteiger partial charge in [-0.05, 0) is 137 Å². The van der Waals surface area contributed by atoms with Crippen molar-refractivity contribution in [3.63, 3.8) is 0 Å². The van der Waals surface area contributed by atoms with Gasteiger partial charge in [-0.15, -0.1) is 11.1 Å². The number of halogens is 2. The van der Waals surface area contributed by atoms with Gasteiger partial charge in [0.1, 0.15) is 16.1 Å². The maximum absolute atomic E-state index is 3.83. The highest BCUT2D eigenvalue weighted by Gasteiger charge is 2.42. The highest BCUT2D eigenvalue weighted by atomic mass is 79.9. The third-order valence-electron chi connectivity index (χ3n) is 10.4. The first-order valence-electron chi connectivity index (χ1n) is 18.0. The molecule has 0 aliphatic carbocycles. The summed E-state index contributed by atoms with van der Waals surface area (Å²) in [7, 11) is -3.56. The molecule has 0 heterocycles. The molecule has 0 bridgehead atoms. The summed E-state index contributed by atoms with van der Waals surface area (Å²) in [4.78, 5) is 0. The molecule has 3 rings (SSSR count). The molecule has 0 spiro atoms. The van der Waals surface area contributed by atoms with Gasteiger partial charge in [-0.25, -0.2) is 0 Å². The third-order valence-corrected chi connectivity index (χ3v) is 23.4. The van der Waals surface area contributed by atoms with E-state index in [1.807, 2.05) is 12.1 Å². The monoisotopic (exact) mass is 820 g/mol. The molecule has 0 amide bonds. The molecular formula is C46H54Br2Si2. The fourth-order valence-electron chi connectivity index (χ4n) is 7.77. The van der Waals surface area contributed by atoms with Crippen molar-refractivity contribution in [3.8, 4) is 46.6 Å². The van der Waals surface area contributed by atoms with Gasteiger partial charge in [0.25, 0.3) is 0 Å². The van der Waals surface area contributed by atoms with Crippen LogP contribution in [0.4, 0.5) is 0 Å². The fraction of sp³-hybridized carbons (Fsp3) is 0.391. The van der Waals surface area contributed by atoms with Crippen LogP contribution in [0.3, 0.4) is 0 Å². The van der Waals surface area contributed by atoms with Crippen molar-refractivity contribution in [2.75, 3.05) is 0 Å². The summed E-state index contributed by atoms with van der Waals surface area (Å²) >= 11 is 6.98. The van der Waals surface area contributed by atoms with Crippen molar-refractivity contribution in [1.82, 2.24) is 0 Å². The van der Waals surface area contributed by atoms with Crippen molar-refractivity contribution < 1.29 is 0 Å². The SMILES string of the molecule is CC(C)[Si](C#Cc1ccc(C#Cc2ccc(C=C(Br)Br)cc2C#Cc2ccc(C#C[Si](C(C)C)(C(C)C)C(C)C)cc2)cc1)(C(C)C)C(C)C. The zero-order valence-corrected chi connectivity index (χ0v) is 37.3. The van der Waals surface area contributed by atoms with Gasteiger partial charge < -0.3 is 0 Å². The molecular weight excluding hydrogens is 768 g/mol. The predicted molar refractivity (Wildman–Crippen MR) is 233 cm³/mol. The van der Waals surface area contributed by atoms with E-state index in [1.54, 1.807) is 0 Å². The zero-order valence-electron chi connectivity index (χ0n) is 32.1. The molecule has 4 heteroatoms. The van der Waals surface area contributed by atoms with Crippen molar-refractivity contribution in [2.45, 2.75) is 116 Å². The number of hydrogen-bond acceptors (Lipinski definition) is 0. The molecule has 0 unspecified atom stereocenters. The Morgan fingerprint density at radius 2 is 0.760 bits per heavy atom. The Kier molecular flexibility index (Phi) is 15.3. The first kappa shape index (κ1) is 41.5. The van der Waals surface area contributed by atoms with Crippen molar-refractivity contribution in [3.05, 3.63) is 109 Å². The Morgan fingerprint density at radius 3 is 1.08 bits per heavy atom. The van der Waals surface area contributed by atoms with E-state index in [4.69, 9.17) is 0 Å².